The summed E-state index contributed by atoms with van der Waals surface area (Å²) >= 11 is 9.27. The first kappa shape index (κ1) is 14.8. The van der Waals surface area contributed by atoms with Gasteiger partial charge in [-0.15, -0.1) is 0 Å². The van der Waals surface area contributed by atoms with Crippen molar-refractivity contribution in [1.29, 1.82) is 0 Å². The Morgan fingerprint density at radius 1 is 1.20 bits per heavy atom. The first-order valence-electron chi connectivity index (χ1n) is 5.96. The highest BCUT2D eigenvalue weighted by atomic mass is 79.9. The van der Waals surface area contributed by atoms with Crippen LogP contribution in [0.2, 0.25) is 5.02 Å². The van der Waals surface area contributed by atoms with Crippen LogP contribution in [0.1, 0.15) is 11.1 Å². The molecule has 102 valence electrons. The van der Waals surface area contributed by atoms with Crippen molar-refractivity contribution in [2.24, 2.45) is 0 Å². The van der Waals surface area contributed by atoms with Gasteiger partial charge in [-0.1, -0.05) is 57.4 Å². The lowest BCUT2D eigenvalue weighted by Gasteiger charge is -2.04. The molecule has 2 rings (SSSR count). The highest BCUT2D eigenvalue weighted by Crippen LogP contribution is 2.27. The van der Waals surface area contributed by atoms with Crippen LogP contribution in [0.15, 0.2) is 53.0 Å². The second kappa shape index (κ2) is 6.73. The molecule has 4 heteroatoms. The Labute approximate surface area is 131 Å². The molecule has 0 radical (unpaired) electrons. The topological polar surface area (TPSA) is 26.3 Å². The van der Waals surface area contributed by atoms with Gasteiger partial charge in [-0.2, -0.15) is 0 Å². The van der Waals surface area contributed by atoms with Gasteiger partial charge in [0.1, 0.15) is 5.75 Å². The number of hydrogen-bond acceptors (Lipinski definition) is 2. The molecular formula is C16H12BrClO2. The van der Waals surface area contributed by atoms with Crippen LogP contribution in [0, 0.1) is 6.92 Å². The van der Waals surface area contributed by atoms with E-state index >= 15 is 0 Å². The minimum absolute atomic E-state index is 0.341. The normalized spacial score (nSPS) is 10.8. The molecule has 0 bridgehead atoms. The van der Waals surface area contributed by atoms with E-state index in [1.807, 2.05) is 31.2 Å². The van der Waals surface area contributed by atoms with Crippen LogP contribution in [-0.4, -0.2) is 5.97 Å². The molecule has 0 aliphatic heterocycles. The van der Waals surface area contributed by atoms with E-state index in [2.05, 4.69) is 15.9 Å². The highest BCUT2D eigenvalue weighted by molar-refractivity contribution is 9.10. The molecule has 0 N–H and O–H groups in total. The number of halogens is 2. The van der Waals surface area contributed by atoms with E-state index in [1.165, 1.54) is 11.6 Å². The quantitative estimate of drug-likeness (QED) is 0.440. The first-order chi connectivity index (χ1) is 9.54. The van der Waals surface area contributed by atoms with Gasteiger partial charge in [-0.05, 0) is 36.8 Å². The van der Waals surface area contributed by atoms with Crippen molar-refractivity contribution < 1.29 is 9.53 Å². The number of esters is 1. The summed E-state index contributed by atoms with van der Waals surface area (Å²) in [6.45, 7) is 2.01. The Bertz CT molecular complexity index is 648. The Hall–Kier alpha value is -1.58. The van der Waals surface area contributed by atoms with Crippen LogP contribution >= 0.6 is 27.5 Å². The molecule has 0 heterocycles. The summed E-state index contributed by atoms with van der Waals surface area (Å²) in [6.07, 6.45) is 3.08. The first-order valence-corrected chi connectivity index (χ1v) is 7.13. The fourth-order valence-corrected chi connectivity index (χ4v) is 2.25. The third kappa shape index (κ3) is 4.22. The van der Waals surface area contributed by atoms with E-state index in [0.717, 1.165) is 10.0 Å². The van der Waals surface area contributed by atoms with Gasteiger partial charge < -0.3 is 4.74 Å². The van der Waals surface area contributed by atoms with Gasteiger partial charge in [0.15, 0.2) is 0 Å². The molecular weight excluding hydrogens is 340 g/mol. The monoisotopic (exact) mass is 350 g/mol. The van der Waals surface area contributed by atoms with Crippen molar-refractivity contribution >= 4 is 39.6 Å². The Balaban J connectivity index is 2.03. The third-order valence-corrected chi connectivity index (χ3v) is 3.38. The van der Waals surface area contributed by atoms with E-state index in [1.54, 1.807) is 24.3 Å². The van der Waals surface area contributed by atoms with Gasteiger partial charge in [0, 0.05) is 10.5 Å². The lowest BCUT2D eigenvalue weighted by atomic mass is 10.1. The number of ether oxygens (including phenoxy) is 1. The van der Waals surface area contributed by atoms with Crippen LogP contribution in [0.25, 0.3) is 6.08 Å². The van der Waals surface area contributed by atoms with Gasteiger partial charge in [-0.3, -0.25) is 0 Å². The van der Waals surface area contributed by atoms with Crippen LogP contribution in [0.4, 0.5) is 0 Å². The van der Waals surface area contributed by atoms with Gasteiger partial charge in [-0.25, -0.2) is 4.79 Å². The molecule has 0 amide bonds. The Morgan fingerprint density at radius 2 is 1.90 bits per heavy atom. The molecule has 2 aromatic rings. The van der Waals surface area contributed by atoms with E-state index in [-0.39, 0.29) is 0 Å². The third-order valence-electron chi connectivity index (χ3n) is 2.59. The average Bonchev–Trinajstić information content (AvgIpc) is 2.41. The van der Waals surface area contributed by atoms with Crippen LogP contribution in [0.3, 0.4) is 0 Å². The van der Waals surface area contributed by atoms with Crippen molar-refractivity contribution in [1.82, 2.24) is 0 Å². The van der Waals surface area contributed by atoms with Crippen molar-refractivity contribution in [3.8, 4) is 5.75 Å². The predicted octanol–water partition coefficient (Wildman–Crippen LogP) is 5.03. The summed E-state index contributed by atoms with van der Waals surface area (Å²) < 4.78 is 6.00. The van der Waals surface area contributed by atoms with Crippen molar-refractivity contribution in [2.75, 3.05) is 0 Å². The number of carbonyl (C=O) groups excluding carboxylic acids is 1. The summed E-state index contributed by atoms with van der Waals surface area (Å²) in [5.41, 5.74) is 2.11. The summed E-state index contributed by atoms with van der Waals surface area (Å²) in [4.78, 5) is 11.7. The van der Waals surface area contributed by atoms with Gasteiger partial charge in [0.2, 0.25) is 0 Å². The van der Waals surface area contributed by atoms with E-state index in [0.29, 0.717) is 10.8 Å². The standard InChI is InChI=1S/C16H12BrClO2/c1-11-2-4-12(5-3-11)6-9-16(19)20-15-8-7-13(17)10-14(15)18/h2-10H,1H3/b9-6+. The number of hydrogen-bond donors (Lipinski definition) is 0. The van der Waals surface area contributed by atoms with Crippen molar-refractivity contribution in [2.45, 2.75) is 6.92 Å². The van der Waals surface area contributed by atoms with Crippen LogP contribution in [0.5, 0.6) is 5.75 Å². The maximum Gasteiger partial charge on any atom is 0.336 e. The molecule has 0 aliphatic carbocycles. The van der Waals surface area contributed by atoms with Gasteiger partial charge in [0.25, 0.3) is 0 Å². The minimum Gasteiger partial charge on any atom is -0.422 e. The van der Waals surface area contributed by atoms with Crippen LogP contribution in [-0.2, 0) is 4.79 Å². The zero-order chi connectivity index (χ0) is 14.5. The lowest BCUT2D eigenvalue weighted by Crippen LogP contribution is -2.03. The average molecular weight is 352 g/mol. The maximum atomic E-state index is 11.7. The number of rotatable bonds is 3. The van der Waals surface area contributed by atoms with Gasteiger partial charge >= 0.3 is 5.97 Å². The number of benzene rings is 2. The molecule has 0 aliphatic rings. The molecule has 2 nitrogen and oxygen atoms in total. The number of aryl methyl sites for hydroxylation is 1. The highest BCUT2D eigenvalue weighted by Gasteiger charge is 2.05. The largest absolute Gasteiger partial charge is 0.422 e. The Kier molecular flexibility index (Phi) is 4.99. The fourth-order valence-electron chi connectivity index (χ4n) is 1.54. The summed E-state index contributed by atoms with van der Waals surface area (Å²) in [5, 5.41) is 0.386. The molecule has 0 fully saturated rings. The van der Waals surface area contributed by atoms with E-state index in [4.69, 9.17) is 16.3 Å². The lowest BCUT2D eigenvalue weighted by molar-refractivity contribution is -0.128. The molecule has 0 aromatic heterocycles. The molecule has 0 spiro atoms. The summed E-state index contributed by atoms with van der Waals surface area (Å²) in [6, 6.07) is 12.9. The zero-order valence-corrected chi connectivity index (χ0v) is 13.1. The molecule has 2 aromatic carbocycles. The SMILES string of the molecule is Cc1ccc(/C=C/C(=O)Oc2ccc(Br)cc2Cl)cc1. The zero-order valence-electron chi connectivity index (χ0n) is 10.8. The molecule has 0 saturated carbocycles. The van der Waals surface area contributed by atoms with Crippen LogP contribution < -0.4 is 4.74 Å². The summed E-state index contributed by atoms with van der Waals surface area (Å²) in [5.74, 6) is -0.122. The maximum absolute atomic E-state index is 11.7. The fraction of sp³-hybridized carbons (Fsp3) is 0.0625. The summed E-state index contributed by atoms with van der Waals surface area (Å²) in [7, 11) is 0. The van der Waals surface area contributed by atoms with E-state index < -0.39 is 5.97 Å². The second-order valence-corrected chi connectivity index (χ2v) is 5.56. The molecule has 0 atom stereocenters. The second-order valence-electron chi connectivity index (χ2n) is 4.24. The minimum atomic E-state index is -0.463. The van der Waals surface area contributed by atoms with Gasteiger partial charge in [0.05, 0.1) is 5.02 Å². The molecule has 20 heavy (non-hydrogen) atoms. The molecule has 0 unspecified atom stereocenters. The smallest absolute Gasteiger partial charge is 0.336 e. The number of carbonyl (C=O) groups is 1. The van der Waals surface area contributed by atoms with Crippen molar-refractivity contribution in [3.63, 3.8) is 0 Å². The van der Waals surface area contributed by atoms with Crippen molar-refractivity contribution in [3.05, 3.63) is 69.2 Å². The Morgan fingerprint density at radius 3 is 2.55 bits per heavy atom. The van der Waals surface area contributed by atoms with E-state index in [9.17, 15) is 4.79 Å². The predicted molar refractivity (Wildman–Crippen MR) is 85.0 cm³/mol. The molecule has 0 saturated heterocycles.